The standard InChI is InChI=1S/C17H17N3O3S/c1-10-7-8-12(24-10)15-19-13(14(21)17(23)20-15)16(22)18-9-11-5-3-2-4-6-11/h2-6,8,10,21H,7,9H2,1H3,(H,18,22)(H,19,20,23). The maximum atomic E-state index is 12.3. The highest BCUT2D eigenvalue weighted by molar-refractivity contribution is 8.09. The van der Waals surface area contributed by atoms with E-state index in [0.717, 1.165) is 16.9 Å². The number of benzene rings is 1. The van der Waals surface area contributed by atoms with E-state index >= 15 is 0 Å². The highest BCUT2D eigenvalue weighted by atomic mass is 32.2. The molecule has 0 spiro atoms. The highest BCUT2D eigenvalue weighted by Gasteiger charge is 2.22. The van der Waals surface area contributed by atoms with E-state index in [0.29, 0.717) is 11.1 Å². The van der Waals surface area contributed by atoms with Crippen molar-refractivity contribution in [1.82, 2.24) is 15.3 Å². The van der Waals surface area contributed by atoms with Gasteiger partial charge in [-0.3, -0.25) is 9.59 Å². The van der Waals surface area contributed by atoms with Crippen LogP contribution in [0.2, 0.25) is 0 Å². The molecule has 0 bridgehead atoms. The van der Waals surface area contributed by atoms with Crippen LogP contribution in [0.5, 0.6) is 5.75 Å². The Morgan fingerprint density at radius 2 is 2.17 bits per heavy atom. The smallest absolute Gasteiger partial charge is 0.294 e. The van der Waals surface area contributed by atoms with Crippen LogP contribution in [0.25, 0.3) is 4.91 Å². The molecular formula is C17H17N3O3S. The Bertz CT molecular complexity index is 846. The van der Waals surface area contributed by atoms with Gasteiger partial charge in [-0.25, -0.2) is 4.98 Å². The number of carbonyl (C=O) groups is 1. The van der Waals surface area contributed by atoms with Crippen molar-refractivity contribution < 1.29 is 9.90 Å². The molecular weight excluding hydrogens is 326 g/mol. The van der Waals surface area contributed by atoms with Gasteiger partial charge >= 0.3 is 0 Å². The summed E-state index contributed by atoms with van der Waals surface area (Å²) in [7, 11) is 0. The van der Waals surface area contributed by atoms with Gasteiger partial charge in [-0.05, 0) is 12.0 Å². The molecule has 1 aromatic carbocycles. The van der Waals surface area contributed by atoms with Crippen LogP contribution in [0.1, 0.15) is 35.2 Å². The number of amides is 1. The number of H-pyrrole nitrogens is 1. The van der Waals surface area contributed by atoms with Crippen LogP contribution < -0.4 is 10.9 Å². The summed E-state index contributed by atoms with van der Waals surface area (Å²) >= 11 is 1.58. The fourth-order valence-corrected chi connectivity index (χ4v) is 3.37. The molecule has 1 aliphatic heterocycles. The Labute approximate surface area is 143 Å². The fourth-order valence-electron chi connectivity index (χ4n) is 2.34. The zero-order valence-corrected chi connectivity index (χ0v) is 13.9. The lowest BCUT2D eigenvalue weighted by molar-refractivity contribution is 0.0942. The molecule has 6 nitrogen and oxygen atoms in total. The number of rotatable bonds is 4. The second-order valence-electron chi connectivity index (χ2n) is 5.51. The Hall–Kier alpha value is -2.54. The van der Waals surface area contributed by atoms with E-state index in [9.17, 15) is 14.7 Å². The first-order valence-corrected chi connectivity index (χ1v) is 8.45. The van der Waals surface area contributed by atoms with Crippen molar-refractivity contribution in [3.63, 3.8) is 0 Å². The largest absolute Gasteiger partial charge is 0.501 e. The lowest BCUT2D eigenvalue weighted by Gasteiger charge is -2.09. The Kier molecular flexibility index (Phi) is 4.71. The van der Waals surface area contributed by atoms with E-state index < -0.39 is 17.2 Å². The number of aromatic hydroxyl groups is 1. The van der Waals surface area contributed by atoms with Crippen LogP contribution in [0, 0.1) is 0 Å². The van der Waals surface area contributed by atoms with Crippen molar-refractivity contribution in [2.75, 3.05) is 0 Å². The molecule has 1 unspecified atom stereocenters. The molecule has 1 atom stereocenters. The molecule has 2 heterocycles. The van der Waals surface area contributed by atoms with Gasteiger partial charge in [0.1, 0.15) is 5.82 Å². The minimum Gasteiger partial charge on any atom is -0.501 e. The summed E-state index contributed by atoms with van der Waals surface area (Å²) in [4.78, 5) is 31.7. The summed E-state index contributed by atoms with van der Waals surface area (Å²) in [5, 5.41) is 13.0. The predicted octanol–water partition coefficient (Wildman–Crippen LogP) is 2.27. The number of carbonyl (C=O) groups excluding carboxylic acids is 1. The monoisotopic (exact) mass is 343 g/mol. The molecule has 1 aromatic heterocycles. The van der Waals surface area contributed by atoms with Gasteiger partial charge in [0.15, 0.2) is 5.69 Å². The topological polar surface area (TPSA) is 95.1 Å². The molecule has 0 saturated carbocycles. The van der Waals surface area contributed by atoms with Gasteiger partial charge in [0.2, 0.25) is 5.75 Å². The molecule has 0 fully saturated rings. The van der Waals surface area contributed by atoms with Crippen molar-refractivity contribution >= 4 is 22.6 Å². The summed E-state index contributed by atoms with van der Waals surface area (Å²) in [5.74, 6) is -0.932. The van der Waals surface area contributed by atoms with Crippen LogP contribution in [0.15, 0.2) is 41.2 Å². The highest BCUT2D eigenvalue weighted by Crippen LogP contribution is 2.37. The van der Waals surface area contributed by atoms with Gasteiger partial charge in [0, 0.05) is 16.7 Å². The van der Waals surface area contributed by atoms with Gasteiger partial charge in [0.25, 0.3) is 11.5 Å². The van der Waals surface area contributed by atoms with Crippen molar-refractivity contribution in [3.05, 3.63) is 63.8 Å². The van der Waals surface area contributed by atoms with Gasteiger partial charge < -0.3 is 15.4 Å². The summed E-state index contributed by atoms with van der Waals surface area (Å²) in [6.07, 6.45) is 2.84. The third-order valence-corrected chi connectivity index (χ3v) is 4.81. The van der Waals surface area contributed by atoms with Gasteiger partial charge in [0.05, 0.1) is 0 Å². The van der Waals surface area contributed by atoms with Crippen LogP contribution in [-0.4, -0.2) is 26.2 Å². The van der Waals surface area contributed by atoms with E-state index in [2.05, 4.69) is 22.2 Å². The molecule has 1 amide bonds. The molecule has 124 valence electrons. The first kappa shape index (κ1) is 16.3. The van der Waals surface area contributed by atoms with E-state index in [1.165, 1.54) is 0 Å². The average Bonchev–Trinajstić information content (AvgIpc) is 3.02. The van der Waals surface area contributed by atoms with Gasteiger partial charge in [-0.1, -0.05) is 43.3 Å². The lowest BCUT2D eigenvalue weighted by atomic mass is 10.2. The van der Waals surface area contributed by atoms with Crippen molar-refractivity contribution in [1.29, 1.82) is 0 Å². The molecule has 3 rings (SSSR count). The van der Waals surface area contributed by atoms with Gasteiger partial charge in [-0.2, -0.15) is 0 Å². The zero-order chi connectivity index (χ0) is 17.1. The molecule has 2 aromatic rings. The number of allylic oxidation sites excluding steroid dienone is 1. The summed E-state index contributed by atoms with van der Waals surface area (Å²) in [6, 6.07) is 9.37. The number of nitrogens with zero attached hydrogens (tertiary/aromatic N) is 1. The maximum absolute atomic E-state index is 12.3. The van der Waals surface area contributed by atoms with Crippen LogP contribution in [-0.2, 0) is 6.54 Å². The molecule has 3 N–H and O–H groups in total. The lowest BCUT2D eigenvalue weighted by Crippen LogP contribution is -2.27. The Morgan fingerprint density at radius 1 is 1.42 bits per heavy atom. The fraction of sp³-hybridized carbons (Fsp3) is 0.235. The first-order chi connectivity index (χ1) is 11.5. The number of hydrogen-bond acceptors (Lipinski definition) is 5. The maximum Gasteiger partial charge on any atom is 0.294 e. The number of nitrogens with one attached hydrogen (secondary N) is 2. The quantitative estimate of drug-likeness (QED) is 0.791. The summed E-state index contributed by atoms with van der Waals surface area (Å²) in [5.41, 5.74) is -0.0602. The number of hydrogen-bond donors (Lipinski definition) is 3. The van der Waals surface area contributed by atoms with Crippen molar-refractivity contribution in [2.45, 2.75) is 25.1 Å². The normalized spacial score (nSPS) is 16.7. The minimum absolute atomic E-state index is 0.259. The predicted molar refractivity (Wildman–Crippen MR) is 93.8 cm³/mol. The van der Waals surface area contributed by atoms with Crippen LogP contribution >= 0.6 is 11.8 Å². The summed E-state index contributed by atoms with van der Waals surface area (Å²) in [6.45, 7) is 2.36. The van der Waals surface area contributed by atoms with Crippen molar-refractivity contribution in [2.24, 2.45) is 0 Å². The molecule has 24 heavy (non-hydrogen) atoms. The van der Waals surface area contributed by atoms with Crippen LogP contribution in [0.3, 0.4) is 0 Å². The molecule has 0 radical (unpaired) electrons. The average molecular weight is 343 g/mol. The van der Waals surface area contributed by atoms with E-state index in [1.807, 2.05) is 36.4 Å². The third-order valence-electron chi connectivity index (χ3n) is 3.60. The first-order valence-electron chi connectivity index (χ1n) is 7.57. The van der Waals surface area contributed by atoms with Crippen LogP contribution in [0.4, 0.5) is 0 Å². The van der Waals surface area contributed by atoms with Crippen molar-refractivity contribution in [3.8, 4) is 5.75 Å². The number of thioether (sulfide) groups is 1. The van der Waals surface area contributed by atoms with E-state index in [4.69, 9.17) is 0 Å². The molecule has 0 aliphatic carbocycles. The second-order valence-corrected chi connectivity index (χ2v) is 6.99. The molecule has 0 saturated heterocycles. The Morgan fingerprint density at radius 3 is 2.83 bits per heavy atom. The number of aromatic amines is 1. The third kappa shape index (κ3) is 3.51. The minimum atomic E-state index is -0.717. The molecule has 7 heteroatoms. The number of aromatic nitrogens is 2. The second kappa shape index (κ2) is 6.92. The van der Waals surface area contributed by atoms with E-state index in [-0.39, 0.29) is 12.2 Å². The van der Waals surface area contributed by atoms with Gasteiger partial charge in [-0.15, -0.1) is 11.8 Å². The SMILES string of the molecule is CC1CC=C(c2nc(C(=O)NCc3ccccc3)c(O)c(=O)[nH]2)S1. The zero-order valence-electron chi connectivity index (χ0n) is 13.1. The molecule has 1 aliphatic rings. The summed E-state index contributed by atoms with van der Waals surface area (Å²) < 4.78 is 0. The van der Waals surface area contributed by atoms with E-state index in [1.54, 1.807) is 11.8 Å². The Balaban J connectivity index is 1.82.